The number of hydrogen-bond acceptors (Lipinski definition) is 6. The van der Waals surface area contributed by atoms with Crippen LogP contribution in [0.5, 0.6) is 5.75 Å². The number of esters is 1. The van der Waals surface area contributed by atoms with Gasteiger partial charge in [-0.05, 0) is 48.2 Å². The second-order valence-corrected chi connectivity index (χ2v) is 8.43. The van der Waals surface area contributed by atoms with E-state index < -0.39 is 11.4 Å². The highest BCUT2D eigenvalue weighted by Gasteiger charge is 2.67. The van der Waals surface area contributed by atoms with Crippen LogP contribution in [0.25, 0.3) is 10.9 Å². The summed E-state index contributed by atoms with van der Waals surface area (Å²) >= 11 is 0. The summed E-state index contributed by atoms with van der Waals surface area (Å²) in [5, 5.41) is 0.873. The number of hydrogen-bond donors (Lipinski definition) is 1. The zero-order valence-electron chi connectivity index (χ0n) is 17.5. The Hall–Kier alpha value is -3.94. The Morgan fingerprint density at radius 1 is 1.22 bits per heavy atom. The topological polar surface area (TPSA) is 102 Å². The predicted octanol–water partition coefficient (Wildman–Crippen LogP) is 2.85. The molecule has 3 aliphatic rings. The average molecular weight is 429 g/mol. The molecular weight excluding hydrogens is 410 g/mol. The number of piperidine rings is 1. The van der Waals surface area contributed by atoms with E-state index in [1.165, 1.54) is 19.4 Å². The van der Waals surface area contributed by atoms with Crippen molar-refractivity contribution in [3.05, 3.63) is 70.8 Å². The molecule has 2 fully saturated rings. The number of pyridine rings is 1. The van der Waals surface area contributed by atoms with E-state index in [9.17, 15) is 14.4 Å². The molecular formula is C24H19N3O5. The molecule has 6 rings (SSSR count). The van der Waals surface area contributed by atoms with Crippen LogP contribution in [0.15, 0.2) is 48.3 Å². The maximum Gasteiger partial charge on any atom is 0.339 e. The van der Waals surface area contributed by atoms with Gasteiger partial charge in [-0.1, -0.05) is 0 Å². The molecule has 2 atom stereocenters. The maximum atomic E-state index is 13.5. The Bertz CT molecular complexity index is 1390. The number of H-pyrrole nitrogens is 1. The lowest BCUT2D eigenvalue weighted by Crippen LogP contribution is -2.34. The normalized spacial score (nSPS) is 22.7. The van der Waals surface area contributed by atoms with Crippen molar-refractivity contribution in [2.75, 3.05) is 20.8 Å². The molecule has 1 aliphatic heterocycles. The van der Waals surface area contributed by atoms with Crippen molar-refractivity contribution in [3.63, 3.8) is 0 Å². The first-order chi connectivity index (χ1) is 15.5. The van der Waals surface area contributed by atoms with Gasteiger partial charge in [0.05, 0.1) is 19.8 Å². The minimum atomic E-state index is -0.503. The number of allylic oxidation sites excluding steroid dienone is 2. The van der Waals surface area contributed by atoms with E-state index in [4.69, 9.17) is 9.47 Å². The number of benzene rings is 1. The summed E-state index contributed by atoms with van der Waals surface area (Å²) in [5.74, 6) is -0.0568. The van der Waals surface area contributed by atoms with Gasteiger partial charge < -0.3 is 19.4 Å². The molecule has 3 aromatic rings. The highest BCUT2D eigenvalue weighted by molar-refractivity contribution is 6.09. The number of likely N-dealkylation sites (tertiary alicyclic amines) is 1. The van der Waals surface area contributed by atoms with Gasteiger partial charge in [-0.3, -0.25) is 14.6 Å². The number of aromatic nitrogens is 2. The number of methoxy groups -OCH3 is 2. The fraction of sp³-hybridized carbons (Fsp3) is 0.250. The Morgan fingerprint density at radius 3 is 2.84 bits per heavy atom. The van der Waals surface area contributed by atoms with Crippen LogP contribution >= 0.6 is 0 Å². The zero-order chi connectivity index (χ0) is 22.2. The van der Waals surface area contributed by atoms with Gasteiger partial charge in [0.2, 0.25) is 5.78 Å². The van der Waals surface area contributed by atoms with Crippen molar-refractivity contribution >= 4 is 28.6 Å². The molecule has 2 aliphatic carbocycles. The van der Waals surface area contributed by atoms with Crippen molar-refractivity contribution in [1.82, 2.24) is 14.9 Å². The number of carbonyl (C=O) groups is 3. The van der Waals surface area contributed by atoms with Crippen molar-refractivity contribution in [2.24, 2.45) is 5.92 Å². The first kappa shape index (κ1) is 18.8. The van der Waals surface area contributed by atoms with E-state index >= 15 is 0 Å². The van der Waals surface area contributed by atoms with Crippen LogP contribution in [0.1, 0.15) is 43.3 Å². The summed E-state index contributed by atoms with van der Waals surface area (Å²) in [6.45, 7) is 0.512. The molecule has 8 heteroatoms. The van der Waals surface area contributed by atoms with Crippen LogP contribution < -0.4 is 4.74 Å². The van der Waals surface area contributed by atoms with Crippen LogP contribution in [-0.2, 0) is 10.2 Å². The number of carbonyl (C=O) groups excluding carboxylic acids is 3. The molecule has 160 valence electrons. The van der Waals surface area contributed by atoms with Crippen LogP contribution in [0.4, 0.5) is 0 Å². The van der Waals surface area contributed by atoms with Gasteiger partial charge in [-0.25, -0.2) is 4.79 Å². The van der Waals surface area contributed by atoms with Crippen LogP contribution in [0, 0.1) is 5.92 Å². The van der Waals surface area contributed by atoms with Gasteiger partial charge in [0.15, 0.2) is 0 Å². The molecule has 1 saturated heterocycles. The molecule has 32 heavy (non-hydrogen) atoms. The minimum Gasteiger partial charge on any atom is -0.497 e. The third-order valence-electron chi connectivity index (χ3n) is 6.85. The smallest absolute Gasteiger partial charge is 0.339 e. The van der Waals surface area contributed by atoms with Crippen molar-refractivity contribution in [1.29, 1.82) is 0 Å². The largest absolute Gasteiger partial charge is 0.497 e. The number of ketones is 1. The summed E-state index contributed by atoms with van der Waals surface area (Å²) in [6.07, 6.45) is 3.72. The first-order valence-electron chi connectivity index (χ1n) is 10.3. The Balaban J connectivity index is 1.39. The number of ether oxygens (including phenoxy) is 2. The van der Waals surface area contributed by atoms with Gasteiger partial charge in [0.1, 0.15) is 17.1 Å². The fourth-order valence-corrected chi connectivity index (χ4v) is 5.21. The summed E-state index contributed by atoms with van der Waals surface area (Å²) in [6, 6.07) is 9.06. The minimum absolute atomic E-state index is 0.184. The molecule has 1 N–H and O–H groups in total. The van der Waals surface area contributed by atoms with E-state index in [1.54, 1.807) is 24.1 Å². The van der Waals surface area contributed by atoms with Crippen LogP contribution in [-0.4, -0.2) is 53.3 Å². The monoisotopic (exact) mass is 429 g/mol. The van der Waals surface area contributed by atoms with Gasteiger partial charge in [-0.15, -0.1) is 0 Å². The second-order valence-electron chi connectivity index (χ2n) is 8.43. The molecule has 3 heterocycles. The highest BCUT2D eigenvalue weighted by atomic mass is 16.5. The average Bonchev–Trinajstić information content (AvgIpc) is 3.21. The van der Waals surface area contributed by atoms with Crippen LogP contribution in [0.2, 0.25) is 0 Å². The van der Waals surface area contributed by atoms with Crippen molar-refractivity contribution in [3.8, 4) is 5.75 Å². The summed E-state index contributed by atoms with van der Waals surface area (Å²) in [4.78, 5) is 47.4. The molecule has 1 aromatic carbocycles. The van der Waals surface area contributed by atoms with E-state index in [1.807, 2.05) is 18.2 Å². The lowest BCUT2D eigenvalue weighted by atomic mass is 9.83. The van der Waals surface area contributed by atoms with Gasteiger partial charge >= 0.3 is 5.97 Å². The predicted molar refractivity (Wildman–Crippen MR) is 114 cm³/mol. The highest BCUT2D eigenvalue weighted by Crippen LogP contribution is 2.66. The summed E-state index contributed by atoms with van der Waals surface area (Å²) in [5.41, 5.74) is 2.87. The molecule has 2 aromatic heterocycles. The van der Waals surface area contributed by atoms with E-state index in [0.717, 1.165) is 17.3 Å². The number of aromatic amines is 1. The zero-order valence-corrected chi connectivity index (χ0v) is 17.5. The van der Waals surface area contributed by atoms with Crippen molar-refractivity contribution in [2.45, 2.75) is 11.8 Å². The SMILES string of the molecule is COC(=O)c1cnc2c(c1)C13CC1CN(C(=O)c1cc4cc(OC)ccc4[nH]1)C3=CC2=O. The number of amides is 1. The summed E-state index contributed by atoms with van der Waals surface area (Å²) < 4.78 is 10.1. The van der Waals surface area contributed by atoms with Gasteiger partial charge in [-0.2, -0.15) is 0 Å². The fourth-order valence-electron chi connectivity index (χ4n) is 5.21. The lowest BCUT2D eigenvalue weighted by molar-refractivity contribution is 0.0599. The van der Waals surface area contributed by atoms with Crippen LogP contribution in [0.3, 0.4) is 0 Å². The van der Waals surface area contributed by atoms with E-state index in [0.29, 0.717) is 40.5 Å². The molecule has 2 unspecified atom stereocenters. The Morgan fingerprint density at radius 2 is 2.06 bits per heavy atom. The third kappa shape index (κ3) is 2.37. The van der Waals surface area contributed by atoms with Gasteiger partial charge in [0, 0.05) is 40.8 Å². The quantitative estimate of drug-likeness (QED) is 0.643. The lowest BCUT2D eigenvalue weighted by Gasteiger charge is -2.28. The van der Waals surface area contributed by atoms with E-state index in [2.05, 4.69) is 9.97 Å². The third-order valence-corrected chi connectivity index (χ3v) is 6.85. The Labute approximate surface area is 182 Å². The first-order valence-corrected chi connectivity index (χ1v) is 10.3. The maximum absolute atomic E-state index is 13.5. The summed E-state index contributed by atoms with van der Waals surface area (Å²) in [7, 11) is 2.91. The number of rotatable bonds is 3. The molecule has 1 spiro atoms. The number of nitrogens with zero attached hydrogens (tertiary/aromatic N) is 2. The Kier molecular flexibility index (Phi) is 3.69. The number of fused-ring (bicyclic) bond motifs is 2. The van der Waals surface area contributed by atoms with E-state index in [-0.39, 0.29) is 17.6 Å². The second kappa shape index (κ2) is 6.29. The standard InChI is InChI=1S/C24H19N3O5/c1-31-15-3-4-17-12(5-15)7-18(26-17)22(29)27-11-14-9-24(14)16-6-13(23(30)32-2)10-25-21(16)19(28)8-20(24)27/h3-8,10,14,26H,9,11H2,1-2H3. The molecule has 0 bridgehead atoms. The molecule has 0 radical (unpaired) electrons. The number of nitrogens with one attached hydrogen (secondary N) is 1. The van der Waals surface area contributed by atoms with Crippen molar-refractivity contribution < 1.29 is 23.9 Å². The molecule has 8 nitrogen and oxygen atoms in total. The molecule has 1 saturated carbocycles. The molecule has 1 amide bonds. The van der Waals surface area contributed by atoms with Gasteiger partial charge in [0.25, 0.3) is 5.91 Å².